The number of benzene rings is 2. The van der Waals surface area contributed by atoms with Gasteiger partial charge >= 0.3 is 18.3 Å². The lowest BCUT2D eigenvalue weighted by atomic mass is 10.0. The van der Waals surface area contributed by atoms with Gasteiger partial charge in [-0.2, -0.15) is 5.10 Å². The van der Waals surface area contributed by atoms with Crippen LogP contribution in [-0.4, -0.2) is 42.3 Å². The SMILES string of the molecule is COC(=O)c1c(-c2c(OC(F)(F)F)ccc(F)c2F)nn(-c2ccccc2)c1C(=O)OC. The van der Waals surface area contributed by atoms with Crippen molar-refractivity contribution >= 4 is 11.9 Å². The van der Waals surface area contributed by atoms with Gasteiger partial charge in [0.15, 0.2) is 17.3 Å². The van der Waals surface area contributed by atoms with Gasteiger partial charge in [0, 0.05) is 0 Å². The third-order valence-electron chi connectivity index (χ3n) is 4.17. The van der Waals surface area contributed by atoms with Crippen LogP contribution < -0.4 is 4.74 Å². The molecule has 0 atom stereocenters. The third-order valence-corrected chi connectivity index (χ3v) is 4.17. The van der Waals surface area contributed by atoms with Gasteiger partial charge in [-0.1, -0.05) is 18.2 Å². The number of hydrogen-bond donors (Lipinski definition) is 0. The van der Waals surface area contributed by atoms with Crippen LogP contribution in [0, 0.1) is 11.6 Å². The molecule has 32 heavy (non-hydrogen) atoms. The first-order chi connectivity index (χ1) is 15.1. The molecule has 0 fully saturated rings. The summed E-state index contributed by atoms with van der Waals surface area (Å²) >= 11 is 0. The Balaban J connectivity index is 2.45. The Morgan fingerprint density at radius 2 is 1.56 bits per heavy atom. The molecule has 1 aromatic heterocycles. The topological polar surface area (TPSA) is 79.7 Å². The maximum absolute atomic E-state index is 14.8. The minimum absolute atomic E-state index is 0.166. The maximum atomic E-state index is 14.8. The van der Waals surface area contributed by atoms with Crippen LogP contribution in [-0.2, 0) is 9.47 Å². The standard InChI is InChI=1S/C20H13F5N2O5/c1-30-18(28)14-16(13-12(32-20(23,24)25)9-8-11(21)15(13)22)26-27(17(14)19(29)31-2)10-6-4-3-5-7-10/h3-9H,1-2H3. The zero-order valence-electron chi connectivity index (χ0n) is 16.4. The summed E-state index contributed by atoms with van der Waals surface area (Å²) in [6.45, 7) is 0. The second kappa shape index (κ2) is 8.65. The van der Waals surface area contributed by atoms with Gasteiger partial charge in [-0.15, -0.1) is 13.2 Å². The lowest BCUT2D eigenvalue weighted by Crippen LogP contribution is -2.18. The summed E-state index contributed by atoms with van der Waals surface area (Å²) in [6.07, 6.45) is -5.28. The number of hydrogen-bond acceptors (Lipinski definition) is 6. The first-order valence-corrected chi connectivity index (χ1v) is 8.68. The van der Waals surface area contributed by atoms with Crippen molar-refractivity contribution in [3.8, 4) is 22.7 Å². The summed E-state index contributed by atoms with van der Waals surface area (Å²) in [7, 11) is 1.90. The molecule has 0 radical (unpaired) electrons. The second-order valence-corrected chi connectivity index (χ2v) is 6.09. The second-order valence-electron chi connectivity index (χ2n) is 6.09. The molecule has 1 heterocycles. The minimum Gasteiger partial charge on any atom is -0.465 e. The molecule has 3 aromatic rings. The van der Waals surface area contributed by atoms with Crippen LogP contribution >= 0.6 is 0 Å². The van der Waals surface area contributed by atoms with E-state index in [1.807, 2.05) is 0 Å². The minimum atomic E-state index is -5.28. The van der Waals surface area contributed by atoms with E-state index in [1.54, 1.807) is 6.07 Å². The summed E-state index contributed by atoms with van der Waals surface area (Å²) in [6, 6.07) is 8.51. The average Bonchev–Trinajstić information content (AvgIpc) is 3.15. The molecule has 0 saturated heterocycles. The molecule has 0 N–H and O–H groups in total. The number of rotatable bonds is 5. The first-order valence-electron chi connectivity index (χ1n) is 8.68. The van der Waals surface area contributed by atoms with Crippen molar-refractivity contribution < 1.29 is 45.8 Å². The number of alkyl halides is 3. The van der Waals surface area contributed by atoms with Crippen LogP contribution in [0.25, 0.3) is 16.9 Å². The van der Waals surface area contributed by atoms with E-state index >= 15 is 0 Å². The molecule has 0 amide bonds. The zero-order chi connectivity index (χ0) is 23.6. The van der Waals surface area contributed by atoms with Crippen molar-refractivity contribution in [3.05, 3.63) is 65.4 Å². The van der Waals surface area contributed by atoms with Crippen molar-refractivity contribution in [2.45, 2.75) is 6.36 Å². The molecular formula is C20H13F5N2O5. The van der Waals surface area contributed by atoms with Crippen molar-refractivity contribution in [2.24, 2.45) is 0 Å². The van der Waals surface area contributed by atoms with Crippen LogP contribution in [0.2, 0.25) is 0 Å². The van der Waals surface area contributed by atoms with Gasteiger partial charge in [0.2, 0.25) is 0 Å². The lowest BCUT2D eigenvalue weighted by molar-refractivity contribution is -0.274. The van der Waals surface area contributed by atoms with Gasteiger partial charge in [-0.05, 0) is 24.3 Å². The van der Waals surface area contributed by atoms with Crippen LogP contribution in [0.15, 0.2) is 42.5 Å². The van der Waals surface area contributed by atoms with Crippen LogP contribution in [0.1, 0.15) is 20.8 Å². The Kier molecular flexibility index (Phi) is 6.14. The maximum Gasteiger partial charge on any atom is 0.573 e. The Labute approximate surface area is 176 Å². The third kappa shape index (κ3) is 4.24. The number of para-hydroxylation sites is 1. The van der Waals surface area contributed by atoms with Gasteiger partial charge in [-0.3, -0.25) is 0 Å². The van der Waals surface area contributed by atoms with E-state index < -0.39 is 58.2 Å². The fraction of sp³-hybridized carbons (Fsp3) is 0.150. The number of esters is 2. The number of carbonyl (C=O) groups excluding carboxylic acids is 2. The molecule has 0 aliphatic heterocycles. The van der Waals surface area contributed by atoms with Gasteiger partial charge in [0.25, 0.3) is 0 Å². The van der Waals surface area contributed by atoms with E-state index in [0.717, 1.165) is 18.9 Å². The number of nitrogens with zero attached hydrogens (tertiary/aromatic N) is 2. The van der Waals surface area contributed by atoms with Gasteiger partial charge in [-0.25, -0.2) is 23.1 Å². The first kappa shape index (κ1) is 22.7. The fourth-order valence-corrected chi connectivity index (χ4v) is 2.89. The summed E-state index contributed by atoms with van der Waals surface area (Å²) in [5.74, 6) is -6.91. The van der Waals surface area contributed by atoms with Crippen molar-refractivity contribution in [2.75, 3.05) is 14.2 Å². The highest BCUT2D eigenvalue weighted by Gasteiger charge is 2.38. The van der Waals surface area contributed by atoms with E-state index in [0.29, 0.717) is 12.1 Å². The number of aromatic nitrogens is 2. The predicted molar refractivity (Wildman–Crippen MR) is 98.3 cm³/mol. The quantitative estimate of drug-likeness (QED) is 0.421. The Hall–Kier alpha value is -3.96. The van der Waals surface area contributed by atoms with Crippen LogP contribution in [0.4, 0.5) is 22.0 Å². The Morgan fingerprint density at radius 1 is 0.938 bits per heavy atom. The monoisotopic (exact) mass is 456 g/mol. The lowest BCUT2D eigenvalue weighted by Gasteiger charge is -2.14. The number of ether oxygens (including phenoxy) is 3. The average molecular weight is 456 g/mol. The summed E-state index contributed by atoms with van der Waals surface area (Å²) < 4.78 is 81.4. The smallest absolute Gasteiger partial charge is 0.465 e. The predicted octanol–water partition coefficient (Wildman–Crippen LogP) is 4.29. The van der Waals surface area contributed by atoms with Gasteiger partial charge < -0.3 is 14.2 Å². The number of halogens is 5. The van der Waals surface area contributed by atoms with Crippen molar-refractivity contribution in [1.29, 1.82) is 0 Å². The number of methoxy groups -OCH3 is 2. The van der Waals surface area contributed by atoms with E-state index in [9.17, 15) is 31.5 Å². The molecular weight excluding hydrogens is 443 g/mol. The van der Waals surface area contributed by atoms with E-state index in [2.05, 4.69) is 19.3 Å². The molecule has 3 rings (SSSR count). The fourth-order valence-electron chi connectivity index (χ4n) is 2.89. The molecule has 0 aliphatic rings. The highest BCUT2D eigenvalue weighted by Crippen LogP contribution is 2.39. The highest BCUT2D eigenvalue weighted by atomic mass is 19.4. The van der Waals surface area contributed by atoms with E-state index in [1.165, 1.54) is 24.3 Å². The van der Waals surface area contributed by atoms with Crippen molar-refractivity contribution in [1.82, 2.24) is 9.78 Å². The zero-order valence-corrected chi connectivity index (χ0v) is 16.4. The van der Waals surface area contributed by atoms with Gasteiger partial charge in [0.1, 0.15) is 17.0 Å². The molecule has 12 heteroatoms. The van der Waals surface area contributed by atoms with Crippen molar-refractivity contribution in [3.63, 3.8) is 0 Å². The Morgan fingerprint density at radius 3 is 2.12 bits per heavy atom. The molecule has 0 spiro atoms. The van der Waals surface area contributed by atoms with Crippen LogP contribution in [0.5, 0.6) is 5.75 Å². The van der Waals surface area contributed by atoms with Gasteiger partial charge in [0.05, 0.1) is 25.5 Å². The summed E-state index contributed by atoms with van der Waals surface area (Å²) in [4.78, 5) is 25.0. The molecule has 0 saturated carbocycles. The molecule has 7 nitrogen and oxygen atoms in total. The molecule has 0 unspecified atom stereocenters. The summed E-state index contributed by atoms with van der Waals surface area (Å²) in [5.41, 5.74) is -3.12. The van der Waals surface area contributed by atoms with E-state index in [4.69, 9.17) is 0 Å². The molecule has 2 aromatic carbocycles. The molecule has 0 aliphatic carbocycles. The molecule has 0 bridgehead atoms. The number of carbonyl (C=O) groups is 2. The summed E-state index contributed by atoms with van der Waals surface area (Å²) in [5, 5.41) is 3.94. The highest BCUT2D eigenvalue weighted by molar-refractivity contribution is 6.07. The van der Waals surface area contributed by atoms with E-state index in [-0.39, 0.29) is 5.69 Å². The van der Waals surface area contributed by atoms with Crippen LogP contribution in [0.3, 0.4) is 0 Å². The largest absolute Gasteiger partial charge is 0.573 e. The molecule has 168 valence electrons. The Bertz CT molecular complexity index is 1180. The normalized spacial score (nSPS) is 11.2.